The van der Waals surface area contributed by atoms with Gasteiger partial charge in [-0.25, -0.2) is 0 Å². The molecule has 0 bridgehead atoms. The largest absolute Gasteiger partial charge is 0.456 e. The van der Waals surface area contributed by atoms with E-state index in [1.807, 2.05) is 0 Å². The number of hydrogen-bond donors (Lipinski definition) is 0. The number of para-hydroxylation sites is 4. The molecule has 11 rings (SSSR count). The van der Waals surface area contributed by atoms with E-state index in [0.29, 0.717) is 0 Å². The van der Waals surface area contributed by atoms with Gasteiger partial charge in [0.15, 0.2) is 0 Å². The Morgan fingerprint density at radius 1 is 0.286 bits per heavy atom. The second-order valence-electron chi connectivity index (χ2n) is 23.5. The van der Waals surface area contributed by atoms with Gasteiger partial charge in [-0.2, -0.15) is 0 Å². The first kappa shape index (κ1) is 45.2. The zero-order chi connectivity index (χ0) is 49.1. The van der Waals surface area contributed by atoms with E-state index in [0.717, 1.165) is 76.8 Å². The Balaban J connectivity index is 1.06. The van der Waals surface area contributed by atoms with Crippen molar-refractivity contribution in [3.8, 4) is 0 Å². The molecular formula is C66H64N2O2. The fraction of sp³-hybridized carbons (Fsp3) is 0.242. The molecule has 0 saturated heterocycles. The Hall–Kier alpha value is -7.30. The van der Waals surface area contributed by atoms with Gasteiger partial charge in [0, 0.05) is 55.7 Å². The van der Waals surface area contributed by atoms with Crippen LogP contribution in [-0.2, 0) is 21.7 Å². The second kappa shape index (κ2) is 16.1. The highest BCUT2D eigenvalue weighted by Gasteiger charge is 2.30. The molecule has 4 nitrogen and oxygen atoms in total. The summed E-state index contributed by atoms with van der Waals surface area (Å²) in [6.45, 7) is 27.6. The molecule has 4 heteroatoms. The van der Waals surface area contributed by atoms with Crippen molar-refractivity contribution in [1.29, 1.82) is 0 Å². The number of hydrogen-bond acceptors (Lipinski definition) is 4. The van der Waals surface area contributed by atoms with E-state index in [4.69, 9.17) is 8.83 Å². The van der Waals surface area contributed by atoms with Gasteiger partial charge in [0.25, 0.3) is 0 Å². The molecule has 2 heterocycles. The number of anilines is 6. The highest BCUT2D eigenvalue weighted by Crippen LogP contribution is 2.49. The van der Waals surface area contributed by atoms with Crippen molar-refractivity contribution in [2.24, 2.45) is 0 Å². The van der Waals surface area contributed by atoms with Crippen molar-refractivity contribution in [2.75, 3.05) is 9.80 Å². The van der Waals surface area contributed by atoms with Gasteiger partial charge in [0.1, 0.15) is 22.3 Å². The van der Waals surface area contributed by atoms with Crippen LogP contribution < -0.4 is 9.80 Å². The molecule has 11 aromatic rings. The van der Waals surface area contributed by atoms with Gasteiger partial charge in [-0.05, 0) is 150 Å². The zero-order valence-corrected chi connectivity index (χ0v) is 42.9. The van der Waals surface area contributed by atoms with Crippen LogP contribution in [0.3, 0.4) is 0 Å². The van der Waals surface area contributed by atoms with E-state index < -0.39 is 0 Å². The lowest BCUT2D eigenvalue weighted by atomic mass is 9.83. The first-order chi connectivity index (χ1) is 33.2. The molecule has 2 aromatic heterocycles. The van der Waals surface area contributed by atoms with Crippen molar-refractivity contribution in [3.63, 3.8) is 0 Å². The minimum Gasteiger partial charge on any atom is -0.456 e. The van der Waals surface area contributed by atoms with Crippen molar-refractivity contribution < 1.29 is 8.83 Å². The van der Waals surface area contributed by atoms with Crippen LogP contribution in [0.1, 0.15) is 105 Å². The molecule has 0 aliphatic heterocycles. The molecule has 0 N–H and O–H groups in total. The molecule has 0 aliphatic rings. The summed E-state index contributed by atoms with van der Waals surface area (Å²) in [6, 6.07) is 62.4. The third-order valence-corrected chi connectivity index (χ3v) is 14.3. The van der Waals surface area contributed by atoms with Crippen LogP contribution in [-0.4, -0.2) is 0 Å². The quantitative estimate of drug-likeness (QED) is 0.166. The van der Waals surface area contributed by atoms with Crippen molar-refractivity contribution in [3.05, 3.63) is 192 Å². The van der Waals surface area contributed by atoms with Crippen molar-refractivity contribution >= 4 is 99.5 Å². The average Bonchev–Trinajstić information content (AvgIpc) is 3.86. The lowest BCUT2D eigenvalue weighted by Gasteiger charge is -2.35. The molecule has 0 spiro atoms. The average molecular weight is 917 g/mol. The number of rotatable bonds is 6. The van der Waals surface area contributed by atoms with Crippen LogP contribution in [0.15, 0.2) is 179 Å². The lowest BCUT2D eigenvalue weighted by Crippen LogP contribution is -2.22. The maximum atomic E-state index is 6.80. The summed E-state index contributed by atoms with van der Waals surface area (Å²) < 4.78 is 13.6. The molecule has 0 atom stereocenters. The fourth-order valence-electron chi connectivity index (χ4n) is 10.9. The molecule has 70 heavy (non-hydrogen) atoms. The van der Waals surface area contributed by atoms with Crippen LogP contribution in [0, 0.1) is 0 Å². The fourth-order valence-corrected chi connectivity index (χ4v) is 10.9. The van der Waals surface area contributed by atoms with Crippen LogP contribution in [0.25, 0.3) is 65.4 Å². The Morgan fingerprint density at radius 2 is 0.586 bits per heavy atom. The summed E-state index contributed by atoms with van der Waals surface area (Å²) >= 11 is 0. The number of benzene rings is 9. The summed E-state index contributed by atoms with van der Waals surface area (Å²) in [7, 11) is 0. The predicted molar refractivity (Wildman–Crippen MR) is 300 cm³/mol. The van der Waals surface area contributed by atoms with Crippen LogP contribution >= 0.6 is 0 Å². The van der Waals surface area contributed by atoms with Gasteiger partial charge >= 0.3 is 0 Å². The maximum absolute atomic E-state index is 6.80. The Labute approximate surface area is 413 Å². The second-order valence-corrected chi connectivity index (χ2v) is 23.5. The van der Waals surface area contributed by atoms with Crippen LogP contribution in [0.4, 0.5) is 34.1 Å². The molecule has 350 valence electrons. The van der Waals surface area contributed by atoms with E-state index in [9.17, 15) is 0 Å². The predicted octanol–water partition coefficient (Wildman–Crippen LogP) is 19.9. The monoisotopic (exact) mass is 916 g/mol. The van der Waals surface area contributed by atoms with Crippen LogP contribution in [0.2, 0.25) is 0 Å². The summed E-state index contributed by atoms with van der Waals surface area (Å²) in [6.07, 6.45) is 0. The molecule has 0 fully saturated rings. The number of fused-ring (bicyclic) bond motifs is 9. The van der Waals surface area contributed by atoms with E-state index in [1.165, 1.54) is 45.0 Å². The smallest absolute Gasteiger partial charge is 0.136 e. The minimum absolute atomic E-state index is 0.0699. The summed E-state index contributed by atoms with van der Waals surface area (Å²) in [5.74, 6) is 0. The van der Waals surface area contributed by atoms with Gasteiger partial charge < -0.3 is 18.6 Å². The molecular weight excluding hydrogens is 853 g/mol. The van der Waals surface area contributed by atoms with Gasteiger partial charge in [0.2, 0.25) is 0 Å². The van der Waals surface area contributed by atoms with Crippen molar-refractivity contribution in [2.45, 2.75) is 105 Å². The maximum Gasteiger partial charge on any atom is 0.136 e. The third kappa shape index (κ3) is 7.69. The van der Waals surface area contributed by atoms with E-state index >= 15 is 0 Å². The molecule has 0 unspecified atom stereocenters. The van der Waals surface area contributed by atoms with Gasteiger partial charge in [-0.15, -0.1) is 0 Å². The molecule has 0 radical (unpaired) electrons. The summed E-state index contributed by atoms with van der Waals surface area (Å²) in [5, 5.41) is 8.87. The molecule has 0 aliphatic carbocycles. The standard InChI is InChI=1S/C66H64N2O2/c1-63(2,3)49-21-13-17-25-53(49)67(54-26-18-14-22-50(54)64(4,5)6)45-31-29-41-37-47-59(39-43(41)35-45)69-57-33-34-58-62(61(47)57)48-38-42-30-32-46(36-44(42)40-60(48)70-58)68(55-27-19-15-23-51(55)65(7,8)9)56-28-20-16-24-52(56)66(10,11)12/h13-40H,1-12H3. The molecule has 0 saturated carbocycles. The van der Waals surface area contributed by atoms with E-state index in [-0.39, 0.29) is 21.7 Å². The van der Waals surface area contributed by atoms with E-state index in [1.54, 1.807) is 0 Å². The summed E-state index contributed by atoms with van der Waals surface area (Å²) in [5.41, 5.74) is 15.2. The highest BCUT2D eigenvalue weighted by atomic mass is 16.3. The topological polar surface area (TPSA) is 32.8 Å². The van der Waals surface area contributed by atoms with Gasteiger partial charge in [-0.3, -0.25) is 0 Å². The van der Waals surface area contributed by atoms with Crippen LogP contribution in [0.5, 0.6) is 0 Å². The lowest BCUT2D eigenvalue weighted by molar-refractivity contribution is 0.586. The molecule has 9 aromatic carbocycles. The molecule has 0 amide bonds. The highest BCUT2D eigenvalue weighted by molar-refractivity contribution is 6.28. The normalized spacial score (nSPS) is 12.9. The zero-order valence-electron chi connectivity index (χ0n) is 42.9. The SMILES string of the molecule is CC(C)(C)c1ccccc1N(c1ccc2cc3c(cc2c1)oc1ccc2oc4cc5cc(N(c6ccccc6C(C)(C)C)c6ccccc6C(C)(C)C)ccc5cc4c2c13)c1ccccc1C(C)(C)C. The third-order valence-electron chi connectivity index (χ3n) is 14.3. The minimum atomic E-state index is -0.0699. The Bertz CT molecular complexity index is 3470. The Morgan fingerprint density at radius 3 is 0.886 bits per heavy atom. The van der Waals surface area contributed by atoms with Crippen molar-refractivity contribution in [1.82, 2.24) is 0 Å². The first-order valence-electron chi connectivity index (χ1n) is 24.9. The van der Waals surface area contributed by atoms with E-state index in [2.05, 4.69) is 263 Å². The first-order valence-corrected chi connectivity index (χ1v) is 24.9. The van der Waals surface area contributed by atoms with Gasteiger partial charge in [0.05, 0.1) is 0 Å². The van der Waals surface area contributed by atoms with Gasteiger partial charge in [-0.1, -0.05) is 168 Å². The number of nitrogens with zero attached hydrogens (tertiary/aromatic N) is 2. The summed E-state index contributed by atoms with van der Waals surface area (Å²) in [4.78, 5) is 4.93. The number of furan rings is 2. The Kier molecular flexibility index (Phi) is 10.4.